The van der Waals surface area contributed by atoms with Gasteiger partial charge in [-0.05, 0) is 51.6 Å². The summed E-state index contributed by atoms with van der Waals surface area (Å²) in [5.41, 5.74) is 0.548. The Balaban J connectivity index is 1.99. The van der Waals surface area contributed by atoms with Crippen LogP contribution < -0.4 is 10.6 Å². The van der Waals surface area contributed by atoms with E-state index in [1.807, 2.05) is 25.9 Å². The highest BCUT2D eigenvalue weighted by atomic mass is 35.5. The number of hydrogen-bond donors (Lipinski definition) is 2. The van der Waals surface area contributed by atoms with Crippen molar-refractivity contribution in [3.8, 4) is 0 Å². The van der Waals surface area contributed by atoms with E-state index in [1.165, 1.54) is 0 Å². The number of anilines is 1. The molecule has 2 rings (SSSR count). The van der Waals surface area contributed by atoms with Crippen LogP contribution in [-0.2, 0) is 9.59 Å². The number of halogens is 1. The van der Waals surface area contributed by atoms with Gasteiger partial charge >= 0.3 is 0 Å². The summed E-state index contributed by atoms with van der Waals surface area (Å²) < 4.78 is 0. The van der Waals surface area contributed by atoms with Crippen molar-refractivity contribution in [2.24, 2.45) is 5.41 Å². The molecule has 0 bridgehead atoms. The van der Waals surface area contributed by atoms with Crippen molar-refractivity contribution in [1.82, 2.24) is 10.2 Å². The van der Waals surface area contributed by atoms with Gasteiger partial charge in [0.25, 0.3) is 0 Å². The standard InChI is InChI=1S/C16H22ClN3O2/c1-11-12(17)5-4-6-13(11)19-15(22)16(7-8-16)14(21)18-9-10-20(2)3/h4-6H,7-10H2,1-3H3,(H,18,21)(H,19,22). The lowest BCUT2D eigenvalue weighted by atomic mass is 10.0. The second-order valence-corrected chi connectivity index (χ2v) is 6.42. The maximum absolute atomic E-state index is 12.5. The zero-order chi connectivity index (χ0) is 16.3. The van der Waals surface area contributed by atoms with Crippen molar-refractivity contribution in [2.45, 2.75) is 19.8 Å². The molecular weight excluding hydrogens is 302 g/mol. The molecule has 0 atom stereocenters. The molecular formula is C16H22ClN3O2. The molecule has 0 heterocycles. The fourth-order valence-electron chi connectivity index (χ4n) is 2.23. The molecule has 0 saturated heterocycles. The van der Waals surface area contributed by atoms with Crippen LogP contribution in [0.4, 0.5) is 5.69 Å². The smallest absolute Gasteiger partial charge is 0.240 e. The molecule has 1 aliphatic rings. The molecule has 2 amide bonds. The second-order valence-electron chi connectivity index (χ2n) is 6.01. The van der Waals surface area contributed by atoms with E-state index in [2.05, 4.69) is 10.6 Å². The van der Waals surface area contributed by atoms with Gasteiger partial charge in [-0.25, -0.2) is 0 Å². The van der Waals surface area contributed by atoms with Crippen molar-refractivity contribution >= 4 is 29.1 Å². The number of hydrogen-bond acceptors (Lipinski definition) is 3. The normalized spacial score (nSPS) is 15.5. The van der Waals surface area contributed by atoms with Crippen LogP contribution >= 0.6 is 11.6 Å². The van der Waals surface area contributed by atoms with Gasteiger partial charge in [-0.2, -0.15) is 0 Å². The molecule has 22 heavy (non-hydrogen) atoms. The van der Waals surface area contributed by atoms with Gasteiger partial charge in [-0.1, -0.05) is 17.7 Å². The number of carbonyl (C=O) groups is 2. The van der Waals surface area contributed by atoms with E-state index >= 15 is 0 Å². The fraction of sp³-hybridized carbons (Fsp3) is 0.500. The maximum atomic E-state index is 12.5. The van der Waals surface area contributed by atoms with Crippen LogP contribution in [0.1, 0.15) is 18.4 Å². The molecule has 1 aromatic carbocycles. The lowest BCUT2D eigenvalue weighted by Gasteiger charge is -2.17. The summed E-state index contributed by atoms with van der Waals surface area (Å²) in [5, 5.41) is 6.28. The Morgan fingerprint density at radius 1 is 1.27 bits per heavy atom. The molecule has 2 N–H and O–H groups in total. The monoisotopic (exact) mass is 323 g/mol. The SMILES string of the molecule is Cc1c(Cl)cccc1NC(=O)C1(C(=O)NCCN(C)C)CC1. The fourth-order valence-corrected chi connectivity index (χ4v) is 2.40. The van der Waals surface area contributed by atoms with Crippen LogP contribution in [0.5, 0.6) is 0 Å². The highest BCUT2D eigenvalue weighted by molar-refractivity contribution is 6.31. The van der Waals surface area contributed by atoms with Gasteiger partial charge < -0.3 is 15.5 Å². The first-order valence-electron chi connectivity index (χ1n) is 7.36. The van der Waals surface area contributed by atoms with Crippen molar-refractivity contribution < 1.29 is 9.59 Å². The van der Waals surface area contributed by atoms with Crippen LogP contribution in [0.15, 0.2) is 18.2 Å². The summed E-state index contributed by atoms with van der Waals surface area (Å²) in [5.74, 6) is -0.438. The average Bonchev–Trinajstić information content (AvgIpc) is 3.25. The molecule has 5 nitrogen and oxygen atoms in total. The molecule has 1 aromatic rings. The molecule has 0 aliphatic heterocycles. The summed E-state index contributed by atoms with van der Waals surface area (Å²) in [6.07, 6.45) is 1.18. The molecule has 0 radical (unpaired) electrons. The Morgan fingerprint density at radius 2 is 1.95 bits per heavy atom. The molecule has 6 heteroatoms. The largest absolute Gasteiger partial charge is 0.354 e. The molecule has 1 fully saturated rings. The Labute approximate surface area is 136 Å². The molecule has 0 aromatic heterocycles. The summed E-state index contributed by atoms with van der Waals surface area (Å²) in [6.45, 7) is 3.13. The van der Waals surface area contributed by atoms with Gasteiger partial charge in [0.1, 0.15) is 5.41 Å². The van der Waals surface area contributed by atoms with E-state index in [1.54, 1.807) is 18.2 Å². The van der Waals surface area contributed by atoms with Gasteiger partial charge in [-0.3, -0.25) is 9.59 Å². The summed E-state index contributed by atoms with van der Waals surface area (Å²) in [7, 11) is 3.88. The van der Waals surface area contributed by atoms with Crippen LogP contribution in [-0.4, -0.2) is 43.9 Å². The maximum Gasteiger partial charge on any atom is 0.240 e. The Hall–Kier alpha value is -1.59. The van der Waals surface area contributed by atoms with Crippen molar-refractivity contribution in [3.05, 3.63) is 28.8 Å². The Morgan fingerprint density at radius 3 is 2.55 bits per heavy atom. The molecule has 0 spiro atoms. The molecule has 120 valence electrons. The number of carbonyl (C=O) groups excluding carboxylic acids is 2. The van der Waals surface area contributed by atoms with Crippen LogP contribution in [0.2, 0.25) is 5.02 Å². The topological polar surface area (TPSA) is 61.4 Å². The third kappa shape index (κ3) is 3.59. The highest BCUT2D eigenvalue weighted by Gasteiger charge is 2.56. The predicted molar refractivity (Wildman–Crippen MR) is 88.0 cm³/mol. The highest BCUT2D eigenvalue weighted by Crippen LogP contribution is 2.47. The summed E-state index contributed by atoms with van der Waals surface area (Å²) in [4.78, 5) is 26.7. The minimum Gasteiger partial charge on any atom is -0.354 e. The zero-order valence-corrected chi connectivity index (χ0v) is 14.0. The van der Waals surface area contributed by atoms with Gasteiger partial charge in [0.2, 0.25) is 11.8 Å². The number of amides is 2. The number of nitrogens with zero attached hydrogens (tertiary/aromatic N) is 1. The van der Waals surface area contributed by atoms with E-state index in [0.717, 1.165) is 12.1 Å². The van der Waals surface area contributed by atoms with Crippen molar-refractivity contribution in [3.63, 3.8) is 0 Å². The Kier molecular flexibility index (Phi) is 5.08. The van der Waals surface area contributed by atoms with E-state index in [9.17, 15) is 9.59 Å². The number of benzene rings is 1. The van der Waals surface area contributed by atoms with Gasteiger partial charge in [0, 0.05) is 23.8 Å². The van der Waals surface area contributed by atoms with E-state index in [4.69, 9.17) is 11.6 Å². The summed E-state index contributed by atoms with van der Waals surface area (Å²) >= 11 is 6.05. The van der Waals surface area contributed by atoms with Crippen molar-refractivity contribution in [2.75, 3.05) is 32.5 Å². The molecule has 1 saturated carbocycles. The minimum absolute atomic E-state index is 0.188. The molecule has 1 aliphatic carbocycles. The first kappa shape index (κ1) is 16.8. The van der Waals surface area contributed by atoms with E-state index in [0.29, 0.717) is 30.1 Å². The zero-order valence-electron chi connectivity index (χ0n) is 13.2. The van der Waals surface area contributed by atoms with E-state index < -0.39 is 5.41 Å². The lowest BCUT2D eigenvalue weighted by Crippen LogP contribution is -2.42. The van der Waals surface area contributed by atoms with Gasteiger partial charge in [0.05, 0.1) is 0 Å². The van der Waals surface area contributed by atoms with Gasteiger partial charge in [0.15, 0.2) is 0 Å². The molecule has 0 unspecified atom stereocenters. The van der Waals surface area contributed by atoms with Crippen LogP contribution in [0.3, 0.4) is 0 Å². The number of rotatable bonds is 6. The third-order valence-corrected chi connectivity index (χ3v) is 4.39. The number of likely N-dealkylation sites (N-methyl/N-ethyl adjacent to an activating group) is 1. The Bertz CT molecular complexity index is 583. The quantitative estimate of drug-likeness (QED) is 0.788. The third-order valence-electron chi connectivity index (χ3n) is 3.98. The first-order chi connectivity index (χ1) is 10.4. The van der Waals surface area contributed by atoms with Crippen molar-refractivity contribution in [1.29, 1.82) is 0 Å². The second kappa shape index (κ2) is 6.67. The van der Waals surface area contributed by atoms with Crippen LogP contribution in [0, 0.1) is 12.3 Å². The average molecular weight is 324 g/mol. The van der Waals surface area contributed by atoms with Gasteiger partial charge in [-0.15, -0.1) is 0 Å². The predicted octanol–water partition coefficient (Wildman–Crippen LogP) is 2.04. The number of nitrogens with one attached hydrogen (secondary N) is 2. The summed E-state index contributed by atoms with van der Waals surface area (Å²) in [6, 6.07) is 5.34. The van der Waals surface area contributed by atoms with E-state index in [-0.39, 0.29) is 11.8 Å². The lowest BCUT2D eigenvalue weighted by molar-refractivity contribution is -0.134. The van der Waals surface area contributed by atoms with Crippen LogP contribution in [0.25, 0.3) is 0 Å². The first-order valence-corrected chi connectivity index (χ1v) is 7.74. The minimum atomic E-state index is -0.916.